The third-order valence-electron chi connectivity index (χ3n) is 2.77. The number of rotatable bonds is 1. The maximum Gasteiger partial charge on any atom is 0.125 e. The number of aryl methyl sites for hydroxylation is 1. The van der Waals surface area contributed by atoms with E-state index in [1.54, 1.807) is 6.20 Å². The Morgan fingerprint density at radius 2 is 2.29 bits per heavy atom. The van der Waals surface area contributed by atoms with Crippen LogP contribution in [0.3, 0.4) is 0 Å². The summed E-state index contributed by atoms with van der Waals surface area (Å²) < 4.78 is 2.12. The lowest BCUT2D eigenvalue weighted by atomic mass is 10.4. The summed E-state index contributed by atoms with van der Waals surface area (Å²) in [6, 6.07) is 1.83. The minimum Gasteiger partial charge on any atom is -0.384 e. The van der Waals surface area contributed by atoms with E-state index in [0.717, 1.165) is 11.0 Å². The molecule has 3 rings (SSSR count). The van der Waals surface area contributed by atoms with E-state index in [4.69, 9.17) is 5.73 Å². The minimum atomic E-state index is 0.540. The first-order chi connectivity index (χ1) is 6.75. The van der Waals surface area contributed by atoms with Gasteiger partial charge in [0.2, 0.25) is 0 Å². The van der Waals surface area contributed by atoms with Crippen molar-refractivity contribution >= 4 is 16.9 Å². The summed E-state index contributed by atoms with van der Waals surface area (Å²) in [7, 11) is 2.04. The van der Waals surface area contributed by atoms with Crippen LogP contribution in [0.2, 0.25) is 0 Å². The molecule has 1 saturated carbocycles. The zero-order chi connectivity index (χ0) is 9.71. The predicted octanol–water partition coefficient (Wildman–Crippen LogP) is 1.43. The molecular weight excluding hydrogens is 176 g/mol. The molecule has 0 atom stereocenters. The fourth-order valence-electron chi connectivity index (χ4n) is 1.83. The minimum absolute atomic E-state index is 0.540. The van der Waals surface area contributed by atoms with Crippen molar-refractivity contribution < 1.29 is 0 Å². The van der Waals surface area contributed by atoms with Gasteiger partial charge in [-0.15, -0.1) is 0 Å². The molecule has 0 radical (unpaired) electrons. The molecule has 14 heavy (non-hydrogen) atoms. The van der Waals surface area contributed by atoms with Gasteiger partial charge >= 0.3 is 0 Å². The van der Waals surface area contributed by atoms with Crippen LogP contribution in [0.15, 0.2) is 12.3 Å². The van der Waals surface area contributed by atoms with Crippen molar-refractivity contribution in [1.82, 2.24) is 14.5 Å². The van der Waals surface area contributed by atoms with E-state index < -0.39 is 0 Å². The molecule has 1 fully saturated rings. The molecule has 0 spiro atoms. The van der Waals surface area contributed by atoms with E-state index in [2.05, 4.69) is 14.5 Å². The second kappa shape index (κ2) is 2.47. The Hall–Kier alpha value is -1.58. The third-order valence-corrected chi connectivity index (χ3v) is 2.77. The molecule has 2 heterocycles. The van der Waals surface area contributed by atoms with Crippen LogP contribution < -0.4 is 5.73 Å². The van der Waals surface area contributed by atoms with Crippen molar-refractivity contribution in [3.8, 4) is 0 Å². The summed E-state index contributed by atoms with van der Waals surface area (Å²) in [5.41, 5.74) is 7.65. The number of nitrogens with two attached hydrogens (primary N) is 1. The van der Waals surface area contributed by atoms with Crippen molar-refractivity contribution in [3.05, 3.63) is 18.1 Å². The Bertz CT molecular complexity index is 496. The van der Waals surface area contributed by atoms with Gasteiger partial charge in [-0.2, -0.15) is 0 Å². The third kappa shape index (κ3) is 0.999. The second-order valence-electron chi connectivity index (χ2n) is 3.90. The van der Waals surface area contributed by atoms with Gasteiger partial charge < -0.3 is 10.3 Å². The van der Waals surface area contributed by atoms with Gasteiger partial charge in [0.05, 0.1) is 17.2 Å². The SMILES string of the molecule is Cn1c(C2CC2)nc2cc(N)ncc21. The quantitative estimate of drug-likeness (QED) is 0.736. The maximum atomic E-state index is 5.61. The highest BCUT2D eigenvalue weighted by Gasteiger charge is 2.28. The van der Waals surface area contributed by atoms with Crippen LogP contribution in [0.1, 0.15) is 24.6 Å². The van der Waals surface area contributed by atoms with Gasteiger partial charge in [0.1, 0.15) is 11.6 Å². The summed E-state index contributed by atoms with van der Waals surface area (Å²) >= 11 is 0. The highest BCUT2D eigenvalue weighted by molar-refractivity contribution is 5.77. The fourth-order valence-corrected chi connectivity index (χ4v) is 1.83. The molecule has 0 unspecified atom stereocenters. The molecule has 0 aliphatic heterocycles. The van der Waals surface area contributed by atoms with Gasteiger partial charge in [0, 0.05) is 19.0 Å². The lowest BCUT2D eigenvalue weighted by Gasteiger charge is -1.98. The highest BCUT2D eigenvalue weighted by atomic mass is 15.1. The van der Waals surface area contributed by atoms with Gasteiger partial charge in [0.25, 0.3) is 0 Å². The van der Waals surface area contributed by atoms with E-state index in [-0.39, 0.29) is 0 Å². The zero-order valence-electron chi connectivity index (χ0n) is 8.07. The van der Waals surface area contributed by atoms with Crippen LogP contribution in [-0.4, -0.2) is 14.5 Å². The van der Waals surface area contributed by atoms with Gasteiger partial charge in [-0.3, -0.25) is 0 Å². The van der Waals surface area contributed by atoms with Crippen molar-refractivity contribution in [3.63, 3.8) is 0 Å². The summed E-state index contributed by atoms with van der Waals surface area (Å²) in [4.78, 5) is 8.66. The molecule has 0 amide bonds. The summed E-state index contributed by atoms with van der Waals surface area (Å²) in [5, 5.41) is 0. The summed E-state index contributed by atoms with van der Waals surface area (Å²) in [6.07, 6.45) is 4.32. The van der Waals surface area contributed by atoms with Crippen LogP contribution >= 0.6 is 0 Å². The fraction of sp³-hybridized carbons (Fsp3) is 0.400. The number of imidazole rings is 1. The molecule has 4 nitrogen and oxygen atoms in total. The first-order valence-corrected chi connectivity index (χ1v) is 4.83. The van der Waals surface area contributed by atoms with Gasteiger partial charge in [-0.05, 0) is 12.8 Å². The lowest BCUT2D eigenvalue weighted by molar-refractivity contribution is 0.819. The normalized spacial score (nSPS) is 16.4. The zero-order valence-corrected chi connectivity index (χ0v) is 8.07. The average Bonchev–Trinajstić information content (AvgIpc) is 2.93. The second-order valence-corrected chi connectivity index (χ2v) is 3.90. The van der Waals surface area contributed by atoms with E-state index in [9.17, 15) is 0 Å². The molecule has 2 aromatic heterocycles. The number of nitrogen functional groups attached to an aromatic ring is 1. The van der Waals surface area contributed by atoms with E-state index >= 15 is 0 Å². The molecule has 1 aliphatic carbocycles. The molecule has 0 aromatic carbocycles. The Morgan fingerprint density at radius 1 is 1.50 bits per heavy atom. The topological polar surface area (TPSA) is 56.7 Å². The summed E-state index contributed by atoms with van der Waals surface area (Å²) in [5.74, 6) is 2.37. The van der Waals surface area contributed by atoms with E-state index in [1.807, 2.05) is 13.1 Å². The molecule has 2 aromatic rings. The molecule has 2 N–H and O–H groups in total. The largest absolute Gasteiger partial charge is 0.384 e. The first kappa shape index (κ1) is 7.79. The first-order valence-electron chi connectivity index (χ1n) is 4.83. The van der Waals surface area contributed by atoms with E-state index in [1.165, 1.54) is 18.7 Å². The number of fused-ring (bicyclic) bond motifs is 1. The molecular formula is C10H12N4. The number of aromatic nitrogens is 3. The Labute approximate surface area is 81.8 Å². The van der Waals surface area contributed by atoms with Crippen molar-refractivity contribution in [2.45, 2.75) is 18.8 Å². The Kier molecular flexibility index (Phi) is 1.37. The van der Waals surface area contributed by atoms with Gasteiger partial charge in [-0.25, -0.2) is 9.97 Å². The monoisotopic (exact) mass is 188 g/mol. The smallest absolute Gasteiger partial charge is 0.125 e. The van der Waals surface area contributed by atoms with Crippen LogP contribution in [0.5, 0.6) is 0 Å². The van der Waals surface area contributed by atoms with Crippen molar-refractivity contribution in [2.24, 2.45) is 7.05 Å². The number of hydrogen-bond acceptors (Lipinski definition) is 3. The van der Waals surface area contributed by atoms with Gasteiger partial charge in [0.15, 0.2) is 0 Å². The Morgan fingerprint density at radius 3 is 3.00 bits per heavy atom. The number of anilines is 1. The average molecular weight is 188 g/mol. The Balaban J connectivity index is 2.28. The molecule has 0 saturated heterocycles. The van der Waals surface area contributed by atoms with Gasteiger partial charge in [-0.1, -0.05) is 0 Å². The predicted molar refractivity (Wildman–Crippen MR) is 54.9 cm³/mol. The van der Waals surface area contributed by atoms with Crippen molar-refractivity contribution in [2.75, 3.05) is 5.73 Å². The van der Waals surface area contributed by atoms with Crippen LogP contribution in [0, 0.1) is 0 Å². The number of pyridine rings is 1. The molecule has 0 bridgehead atoms. The van der Waals surface area contributed by atoms with Crippen LogP contribution in [0.25, 0.3) is 11.0 Å². The van der Waals surface area contributed by atoms with Crippen LogP contribution in [-0.2, 0) is 7.05 Å². The number of hydrogen-bond donors (Lipinski definition) is 1. The standard InChI is InChI=1S/C10H12N4/c1-14-8-5-12-9(11)4-7(8)13-10(14)6-2-3-6/h4-6H,2-3H2,1H3,(H2,11,12). The van der Waals surface area contributed by atoms with Crippen molar-refractivity contribution in [1.29, 1.82) is 0 Å². The summed E-state index contributed by atoms with van der Waals surface area (Å²) in [6.45, 7) is 0. The maximum absolute atomic E-state index is 5.61. The number of nitrogens with zero attached hydrogens (tertiary/aromatic N) is 3. The molecule has 4 heteroatoms. The lowest BCUT2D eigenvalue weighted by Crippen LogP contribution is -1.95. The highest BCUT2D eigenvalue weighted by Crippen LogP contribution is 2.40. The van der Waals surface area contributed by atoms with E-state index in [0.29, 0.717) is 11.7 Å². The van der Waals surface area contributed by atoms with Crippen LogP contribution in [0.4, 0.5) is 5.82 Å². The molecule has 72 valence electrons. The molecule has 1 aliphatic rings.